The Balaban J connectivity index is 2.95. The first kappa shape index (κ1) is 8.74. The van der Waals surface area contributed by atoms with E-state index in [1.54, 1.807) is 0 Å². The molecule has 0 saturated carbocycles. The van der Waals surface area contributed by atoms with Gasteiger partial charge >= 0.3 is 0 Å². The van der Waals surface area contributed by atoms with Crippen molar-refractivity contribution in [1.82, 2.24) is 9.97 Å². The standard InChI is InChI=1S/C10H12N4/c1-5-3-4-7-8(6(5)2)9(11)14-10(12)13-7/h3-4H,1-2H3,(H4,11,12,13,14). The van der Waals surface area contributed by atoms with Crippen LogP contribution in [0.15, 0.2) is 12.1 Å². The Bertz CT molecular complexity index is 505. The van der Waals surface area contributed by atoms with E-state index in [4.69, 9.17) is 11.5 Å². The highest BCUT2D eigenvalue weighted by molar-refractivity contribution is 5.92. The molecule has 72 valence electrons. The van der Waals surface area contributed by atoms with Gasteiger partial charge in [0.05, 0.1) is 5.52 Å². The molecular weight excluding hydrogens is 176 g/mol. The van der Waals surface area contributed by atoms with Crippen LogP contribution in [-0.2, 0) is 0 Å². The number of anilines is 2. The third-order valence-corrected chi connectivity index (χ3v) is 2.44. The summed E-state index contributed by atoms with van der Waals surface area (Å²) in [5.74, 6) is 0.673. The molecule has 4 heteroatoms. The van der Waals surface area contributed by atoms with Gasteiger partial charge in [0, 0.05) is 5.39 Å². The monoisotopic (exact) mass is 188 g/mol. The van der Waals surface area contributed by atoms with E-state index in [0.717, 1.165) is 16.5 Å². The van der Waals surface area contributed by atoms with Crippen LogP contribution in [0.4, 0.5) is 11.8 Å². The van der Waals surface area contributed by atoms with Gasteiger partial charge in [-0.2, -0.15) is 4.98 Å². The normalized spacial score (nSPS) is 10.7. The van der Waals surface area contributed by atoms with Crippen molar-refractivity contribution in [1.29, 1.82) is 0 Å². The van der Waals surface area contributed by atoms with Gasteiger partial charge in [0.2, 0.25) is 5.95 Å². The van der Waals surface area contributed by atoms with Crippen molar-refractivity contribution in [3.63, 3.8) is 0 Å². The van der Waals surface area contributed by atoms with Gasteiger partial charge in [-0.05, 0) is 31.0 Å². The quantitative estimate of drug-likeness (QED) is 0.655. The minimum atomic E-state index is 0.221. The second-order valence-electron chi connectivity index (χ2n) is 3.37. The van der Waals surface area contributed by atoms with Crippen LogP contribution < -0.4 is 11.5 Å². The summed E-state index contributed by atoms with van der Waals surface area (Å²) in [6, 6.07) is 3.91. The van der Waals surface area contributed by atoms with Crippen LogP contribution in [-0.4, -0.2) is 9.97 Å². The van der Waals surface area contributed by atoms with E-state index in [0.29, 0.717) is 5.82 Å². The van der Waals surface area contributed by atoms with Gasteiger partial charge in [-0.1, -0.05) is 6.07 Å². The van der Waals surface area contributed by atoms with Crippen molar-refractivity contribution in [2.45, 2.75) is 13.8 Å². The molecule has 2 rings (SSSR count). The highest BCUT2D eigenvalue weighted by Gasteiger charge is 2.07. The molecule has 0 saturated heterocycles. The summed E-state index contributed by atoms with van der Waals surface area (Å²) in [5.41, 5.74) is 14.4. The molecule has 0 spiro atoms. The molecule has 0 atom stereocenters. The number of aryl methyl sites for hydroxylation is 2. The summed E-state index contributed by atoms with van der Waals surface area (Å²) in [5, 5.41) is 0.902. The lowest BCUT2D eigenvalue weighted by molar-refractivity contribution is 1.23. The van der Waals surface area contributed by atoms with E-state index < -0.39 is 0 Å². The maximum Gasteiger partial charge on any atom is 0.222 e. The molecule has 0 aliphatic heterocycles. The van der Waals surface area contributed by atoms with Crippen LogP contribution in [0.2, 0.25) is 0 Å². The summed E-state index contributed by atoms with van der Waals surface area (Å²) in [6.07, 6.45) is 0. The summed E-state index contributed by atoms with van der Waals surface area (Å²) in [7, 11) is 0. The van der Waals surface area contributed by atoms with Gasteiger partial charge in [0.25, 0.3) is 0 Å². The molecule has 0 aliphatic carbocycles. The molecule has 14 heavy (non-hydrogen) atoms. The molecular formula is C10H12N4. The minimum absolute atomic E-state index is 0.221. The van der Waals surface area contributed by atoms with Crippen molar-refractivity contribution in [3.05, 3.63) is 23.3 Å². The Morgan fingerprint density at radius 2 is 1.79 bits per heavy atom. The highest BCUT2D eigenvalue weighted by atomic mass is 15.0. The average molecular weight is 188 g/mol. The molecule has 0 bridgehead atoms. The van der Waals surface area contributed by atoms with Gasteiger partial charge in [0.15, 0.2) is 0 Å². The average Bonchev–Trinajstić information content (AvgIpc) is 2.10. The van der Waals surface area contributed by atoms with Crippen LogP contribution in [0.1, 0.15) is 11.1 Å². The van der Waals surface area contributed by atoms with Crippen LogP contribution >= 0.6 is 0 Å². The smallest absolute Gasteiger partial charge is 0.222 e. The van der Waals surface area contributed by atoms with Crippen LogP contribution in [0, 0.1) is 13.8 Å². The van der Waals surface area contributed by atoms with Crippen LogP contribution in [0.3, 0.4) is 0 Å². The predicted octanol–water partition coefficient (Wildman–Crippen LogP) is 1.41. The number of nitrogens with zero attached hydrogens (tertiary/aromatic N) is 2. The van der Waals surface area contributed by atoms with Gasteiger partial charge < -0.3 is 11.5 Å². The van der Waals surface area contributed by atoms with Crippen molar-refractivity contribution < 1.29 is 0 Å². The lowest BCUT2D eigenvalue weighted by atomic mass is 10.0. The van der Waals surface area contributed by atoms with E-state index >= 15 is 0 Å². The molecule has 0 fully saturated rings. The second-order valence-corrected chi connectivity index (χ2v) is 3.37. The van der Waals surface area contributed by atoms with E-state index in [2.05, 4.69) is 9.97 Å². The molecule has 1 heterocycles. The Hall–Kier alpha value is -1.84. The summed E-state index contributed by atoms with van der Waals surface area (Å²) >= 11 is 0. The molecule has 2 aromatic rings. The number of nitrogen functional groups attached to an aromatic ring is 2. The zero-order valence-electron chi connectivity index (χ0n) is 8.20. The fourth-order valence-electron chi connectivity index (χ4n) is 1.55. The number of fused-ring (bicyclic) bond motifs is 1. The lowest BCUT2D eigenvalue weighted by Gasteiger charge is -2.07. The van der Waals surface area contributed by atoms with Crippen LogP contribution in [0.25, 0.3) is 10.9 Å². The zero-order chi connectivity index (χ0) is 10.3. The van der Waals surface area contributed by atoms with Crippen molar-refractivity contribution in [2.75, 3.05) is 11.5 Å². The van der Waals surface area contributed by atoms with E-state index in [-0.39, 0.29) is 5.95 Å². The third kappa shape index (κ3) is 1.16. The number of rotatable bonds is 0. The molecule has 0 unspecified atom stereocenters. The first-order chi connectivity index (χ1) is 6.59. The highest BCUT2D eigenvalue weighted by Crippen LogP contribution is 2.24. The fraction of sp³-hybridized carbons (Fsp3) is 0.200. The first-order valence-corrected chi connectivity index (χ1v) is 4.38. The summed E-state index contributed by atoms with van der Waals surface area (Å²) in [6.45, 7) is 4.04. The van der Waals surface area contributed by atoms with Gasteiger partial charge in [-0.15, -0.1) is 0 Å². The predicted molar refractivity (Wildman–Crippen MR) is 57.8 cm³/mol. The molecule has 1 aromatic carbocycles. The molecule has 0 amide bonds. The molecule has 4 nitrogen and oxygen atoms in total. The van der Waals surface area contributed by atoms with Crippen LogP contribution in [0.5, 0.6) is 0 Å². The van der Waals surface area contributed by atoms with Gasteiger partial charge in [0.1, 0.15) is 5.82 Å². The Morgan fingerprint density at radius 1 is 1.07 bits per heavy atom. The number of hydrogen-bond acceptors (Lipinski definition) is 4. The topological polar surface area (TPSA) is 77.8 Å². The van der Waals surface area contributed by atoms with Gasteiger partial charge in [-0.3, -0.25) is 0 Å². The molecule has 4 N–H and O–H groups in total. The minimum Gasteiger partial charge on any atom is -0.383 e. The summed E-state index contributed by atoms with van der Waals surface area (Å²) in [4.78, 5) is 8.07. The lowest BCUT2D eigenvalue weighted by Crippen LogP contribution is -2.02. The molecule has 0 radical (unpaired) electrons. The second kappa shape index (κ2) is 2.83. The van der Waals surface area contributed by atoms with Crippen molar-refractivity contribution in [2.24, 2.45) is 0 Å². The molecule has 1 aromatic heterocycles. The zero-order valence-corrected chi connectivity index (χ0v) is 8.20. The number of hydrogen-bond donors (Lipinski definition) is 2. The largest absolute Gasteiger partial charge is 0.383 e. The number of benzene rings is 1. The van der Waals surface area contributed by atoms with E-state index in [1.165, 1.54) is 5.56 Å². The Labute approximate surface area is 82.0 Å². The Morgan fingerprint density at radius 3 is 2.50 bits per heavy atom. The first-order valence-electron chi connectivity index (χ1n) is 4.38. The van der Waals surface area contributed by atoms with Gasteiger partial charge in [-0.25, -0.2) is 4.98 Å². The third-order valence-electron chi connectivity index (χ3n) is 2.44. The van der Waals surface area contributed by atoms with E-state index in [9.17, 15) is 0 Å². The Kier molecular flexibility index (Phi) is 1.77. The number of aromatic nitrogens is 2. The SMILES string of the molecule is Cc1ccc2nc(N)nc(N)c2c1C. The fourth-order valence-corrected chi connectivity index (χ4v) is 1.55. The molecule has 0 aliphatic rings. The van der Waals surface area contributed by atoms with E-state index in [1.807, 2.05) is 26.0 Å². The summed E-state index contributed by atoms with van der Waals surface area (Å²) < 4.78 is 0. The maximum absolute atomic E-state index is 5.80. The van der Waals surface area contributed by atoms with Crippen molar-refractivity contribution >= 4 is 22.7 Å². The number of nitrogens with two attached hydrogens (primary N) is 2. The maximum atomic E-state index is 5.80. The van der Waals surface area contributed by atoms with Crippen molar-refractivity contribution in [3.8, 4) is 0 Å².